The molecule has 0 aliphatic carbocycles. The molecule has 2 fully saturated rings. The monoisotopic (exact) mass is 186 g/mol. The number of hydrogen-bond donors (Lipinski definition) is 0. The first-order valence-corrected chi connectivity index (χ1v) is 5.21. The Morgan fingerprint density at radius 1 is 1.15 bits per heavy atom. The van der Waals surface area contributed by atoms with Crippen molar-refractivity contribution < 1.29 is 14.2 Å². The highest BCUT2D eigenvalue weighted by Gasteiger charge is 2.47. The highest BCUT2D eigenvalue weighted by Crippen LogP contribution is 2.33. The standard InChI is InChI=1S/C10H18O3/c1-3-7-5-12-10-8(11-4-2)6-13-9(7)10/h7-10H,3-6H2,1-2H3/t7-,8-,9-,10-/m0/s1. The summed E-state index contributed by atoms with van der Waals surface area (Å²) in [5.74, 6) is 0.579. The van der Waals surface area contributed by atoms with Gasteiger partial charge in [-0.15, -0.1) is 0 Å². The van der Waals surface area contributed by atoms with Crippen molar-refractivity contribution in [3.8, 4) is 0 Å². The van der Waals surface area contributed by atoms with E-state index in [2.05, 4.69) is 6.92 Å². The third-order valence-electron chi connectivity index (χ3n) is 3.02. The molecule has 0 unspecified atom stereocenters. The number of fused-ring (bicyclic) bond motifs is 1. The molecule has 0 N–H and O–H groups in total. The zero-order valence-electron chi connectivity index (χ0n) is 8.36. The van der Waals surface area contributed by atoms with Crippen molar-refractivity contribution in [3.63, 3.8) is 0 Å². The number of ether oxygens (including phenoxy) is 3. The summed E-state index contributed by atoms with van der Waals surface area (Å²) < 4.78 is 17.0. The molecule has 2 aliphatic rings. The molecule has 0 radical (unpaired) electrons. The molecule has 2 saturated heterocycles. The van der Waals surface area contributed by atoms with Crippen LogP contribution < -0.4 is 0 Å². The van der Waals surface area contributed by atoms with Crippen molar-refractivity contribution in [3.05, 3.63) is 0 Å². The van der Waals surface area contributed by atoms with Crippen LogP contribution in [0.4, 0.5) is 0 Å². The van der Waals surface area contributed by atoms with Crippen LogP contribution in [-0.2, 0) is 14.2 Å². The average Bonchev–Trinajstić information content (AvgIpc) is 2.68. The molecule has 0 spiro atoms. The summed E-state index contributed by atoms with van der Waals surface area (Å²) >= 11 is 0. The molecule has 0 aromatic carbocycles. The summed E-state index contributed by atoms with van der Waals surface area (Å²) in [7, 11) is 0. The van der Waals surface area contributed by atoms with E-state index in [1.54, 1.807) is 0 Å². The average molecular weight is 186 g/mol. The Hall–Kier alpha value is -0.120. The van der Waals surface area contributed by atoms with Gasteiger partial charge in [0.05, 0.1) is 19.3 Å². The molecule has 13 heavy (non-hydrogen) atoms. The minimum atomic E-state index is 0.173. The number of rotatable bonds is 3. The van der Waals surface area contributed by atoms with Crippen molar-refractivity contribution in [1.82, 2.24) is 0 Å². The summed E-state index contributed by atoms with van der Waals surface area (Å²) in [6.07, 6.45) is 1.80. The van der Waals surface area contributed by atoms with Gasteiger partial charge in [-0.3, -0.25) is 0 Å². The molecule has 3 nitrogen and oxygen atoms in total. The molecule has 0 amide bonds. The number of hydrogen-bond acceptors (Lipinski definition) is 3. The SMILES string of the molecule is CCO[C@H]1CO[C@H]2[C@@H](CC)CO[C@H]21. The van der Waals surface area contributed by atoms with E-state index >= 15 is 0 Å². The lowest BCUT2D eigenvalue weighted by molar-refractivity contribution is -0.0278. The van der Waals surface area contributed by atoms with Crippen LogP contribution in [0, 0.1) is 5.92 Å². The first kappa shape index (κ1) is 9.44. The Labute approximate surface area is 79.4 Å². The summed E-state index contributed by atoms with van der Waals surface area (Å²) in [6.45, 7) is 6.50. The Bertz CT molecular complexity index is 172. The molecule has 2 rings (SSSR count). The van der Waals surface area contributed by atoms with Crippen LogP contribution in [-0.4, -0.2) is 38.1 Å². The van der Waals surface area contributed by atoms with E-state index < -0.39 is 0 Å². The van der Waals surface area contributed by atoms with Gasteiger partial charge in [-0.2, -0.15) is 0 Å². The predicted octanol–water partition coefficient (Wildman–Crippen LogP) is 1.22. The molecule has 2 heterocycles. The lowest BCUT2D eigenvalue weighted by Gasteiger charge is -2.15. The smallest absolute Gasteiger partial charge is 0.112 e. The van der Waals surface area contributed by atoms with Crippen LogP contribution in [0.3, 0.4) is 0 Å². The van der Waals surface area contributed by atoms with E-state index in [9.17, 15) is 0 Å². The molecule has 2 aliphatic heterocycles. The van der Waals surface area contributed by atoms with Gasteiger partial charge < -0.3 is 14.2 Å². The normalized spacial score (nSPS) is 43.8. The maximum atomic E-state index is 5.70. The lowest BCUT2D eigenvalue weighted by Crippen LogP contribution is -2.31. The van der Waals surface area contributed by atoms with E-state index in [1.165, 1.54) is 0 Å². The van der Waals surface area contributed by atoms with Gasteiger partial charge in [-0.1, -0.05) is 6.92 Å². The van der Waals surface area contributed by atoms with Crippen molar-refractivity contribution in [2.24, 2.45) is 5.92 Å². The second-order valence-corrected chi connectivity index (χ2v) is 3.76. The summed E-state index contributed by atoms with van der Waals surface area (Å²) in [4.78, 5) is 0. The van der Waals surface area contributed by atoms with Gasteiger partial charge in [0.25, 0.3) is 0 Å². The van der Waals surface area contributed by atoms with E-state index in [0.717, 1.165) is 19.6 Å². The van der Waals surface area contributed by atoms with Crippen molar-refractivity contribution >= 4 is 0 Å². The molecule has 76 valence electrons. The highest BCUT2D eigenvalue weighted by molar-refractivity contribution is 4.94. The van der Waals surface area contributed by atoms with Crippen LogP contribution in [0.25, 0.3) is 0 Å². The zero-order valence-corrected chi connectivity index (χ0v) is 8.36. The fourth-order valence-electron chi connectivity index (χ4n) is 2.25. The van der Waals surface area contributed by atoms with E-state index in [1.807, 2.05) is 6.92 Å². The summed E-state index contributed by atoms with van der Waals surface area (Å²) in [5, 5.41) is 0. The van der Waals surface area contributed by atoms with Crippen LogP contribution in [0.15, 0.2) is 0 Å². The fourth-order valence-corrected chi connectivity index (χ4v) is 2.25. The van der Waals surface area contributed by atoms with Crippen LogP contribution in [0.2, 0.25) is 0 Å². The van der Waals surface area contributed by atoms with Crippen LogP contribution in [0.5, 0.6) is 0 Å². The summed E-state index contributed by atoms with van der Waals surface area (Å²) in [5.41, 5.74) is 0. The quantitative estimate of drug-likeness (QED) is 0.663. The van der Waals surface area contributed by atoms with Crippen molar-refractivity contribution in [2.75, 3.05) is 19.8 Å². The second-order valence-electron chi connectivity index (χ2n) is 3.76. The first-order valence-electron chi connectivity index (χ1n) is 5.21. The Balaban J connectivity index is 1.95. The van der Waals surface area contributed by atoms with Crippen molar-refractivity contribution in [2.45, 2.75) is 38.6 Å². The maximum absolute atomic E-state index is 5.70. The first-order chi connectivity index (χ1) is 6.36. The van der Waals surface area contributed by atoms with Crippen LogP contribution >= 0.6 is 0 Å². The zero-order chi connectivity index (χ0) is 9.26. The van der Waals surface area contributed by atoms with E-state index in [0.29, 0.717) is 18.6 Å². The maximum Gasteiger partial charge on any atom is 0.112 e. The van der Waals surface area contributed by atoms with Gasteiger partial charge in [-0.05, 0) is 13.3 Å². The molecule has 0 aromatic heterocycles. The molecule has 3 heteroatoms. The van der Waals surface area contributed by atoms with Gasteiger partial charge in [0.2, 0.25) is 0 Å². The third-order valence-corrected chi connectivity index (χ3v) is 3.02. The molecule has 0 bridgehead atoms. The molecular formula is C10H18O3. The molecular weight excluding hydrogens is 168 g/mol. The van der Waals surface area contributed by atoms with E-state index in [4.69, 9.17) is 14.2 Å². The largest absolute Gasteiger partial charge is 0.373 e. The minimum absolute atomic E-state index is 0.173. The third kappa shape index (κ3) is 1.60. The Kier molecular flexibility index (Phi) is 2.86. The molecule has 4 atom stereocenters. The van der Waals surface area contributed by atoms with Gasteiger partial charge in [0.15, 0.2) is 0 Å². The van der Waals surface area contributed by atoms with E-state index in [-0.39, 0.29) is 12.2 Å². The molecule has 0 aromatic rings. The topological polar surface area (TPSA) is 27.7 Å². The van der Waals surface area contributed by atoms with Crippen molar-refractivity contribution in [1.29, 1.82) is 0 Å². The lowest BCUT2D eigenvalue weighted by atomic mass is 9.99. The van der Waals surface area contributed by atoms with Gasteiger partial charge >= 0.3 is 0 Å². The molecule has 0 saturated carbocycles. The second kappa shape index (κ2) is 3.95. The van der Waals surface area contributed by atoms with Gasteiger partial charge in [0.1, 0.15) is 12.2 Å². The summed E-state index contributed by atoms with van der Waals surface area (Å²) in [6, 6.07) is 0. The Morgan fingerprint density at radius 2 is 1.92 bits per heavy atom. The predicted molar refractivity (Wildman–Crippen MR) is 48.7 cm³/mol. The van der Waals surface area contributed by atoms with Gasteiger partial charge in [-0.25, -0.2) is 0 Å². The minimum Gasteiger partial charge on any atom is -0.373 e. The van der Waals surface area contributed by atoms with Gasteiger partial charge in [0, 0.05) is 12.5 Å². The highest BCUT2D eigenvalue weighted by atomic mass is 16.6. The fraction of sp³-hybridized carbons (Fsp3) is 1.00. The Morgan fingerprint density at radius 3 is 2.62 bits per heavy atom. The van der Waals surface area contributed by atoms with Crippen LogP contribution in [0.1, 0.15) is 20.3 Å².